The molecule has 2 aromatic rings. The molecule has 20 heavy (non-hydrogen) atoms. The number of carboxylic acid groups (broad SMARTS) is 1. The number of amides is 1. The van der Waals surface area contributed by atoms with E-state index in [4.69, 9.17) is 16.7 Å². The molecule has 0 saturated heterocycles. The molecule has 0 spiro atoms. The SMILES string of the molecule is Cc1c(Cl)cccc1C(=O)Nc1nccnc1C(=O)O. The minimum absolute atomic E-state index is 0.107. The molecule has 2 N–H and O–H groups in total. The third-order valence-corrected chi connectivity index (χ3v) is 3.05. The van der Waals surface area contributed by atoms with E-state index < -0.39 is 11.9 Å². The molecule has 102 valence electrons. The Kier molecular flexibility index (Phi) is 3.95. The van der Waals surface area contributed by atoms with Gasteiger partial charge in [0, 0.05) is 23.0 Å². The number of halogens is 1. The maximum Gasteiger partial charge on any atom is 0.358 e. The van der Waals surface area contributed by atoms with E-state index in [9.17, 15) is 9.59 Å². The summed E-state index contributed by atoms with van der Waals surface area (Å²) in [6.07, 6.45) is 2.54. The molecule has 1 aromatic heterocycles. The van der Waals surface area contributed by atoms with Crippen molar-refractivity contribution in [1.82, 2.24) is 9.97 Å². The number of carbonyl (C=O) groups is 2. The van der Waals surface area contributed by atoms with Gasteiger partial charge < -0.3 is 10.4 Å². The van der Waals surface area contributed by atoms with E-state index in [1.807, 2.05) is 0 Å². The van der Waals surface area contributed by atoms with Crippen LogP contribution in [0.1, 0.15) is 26.4 Å². The van der Waals surface area contributed by atoms with Crippen LogP contribution in [0.15, 0.2) is 30.6 Å². The molecule has 7 heteroatoms. The maximum atomic E-state index is 12.1. The number of rotatable bonds is 3. The number of aromatic nitrogens is 2. The topological polar surface area (TPSA) is 92.2 Å². The fourth-order valence-corrected chi connectivity index (χ4v) is 1.79. The summed E-state index contributed by atoms with van der Waals surface area (Å²) >= 11 is 5.94. The van der Waals surface area contributed by atoms with Crippen LogP contribution >= 0.6 is 11.6 Å². The molecule has 0 aliphatic rings. The van der Waals surface area contributed by atoms with Gasteiger partial charge in [-0.3, -0.25) is 4.79 Å². The number of hydrogen-bond donors (Lipinski definition) is 2. The average molecular weight is 292 g/mol. The highest BCUT2D eigenvalue weighted by molar-refractivity contribution is 6.32. The van der Waals surface area contributed by atoms with Crippen LogP contribution in [0.4, 0.5) is 5.82 Å². The normalized spacial score (nSPS) is 10.1. The molecular weight excluding hydrogens is 282 g/mol. The van der Waals surface area contributed by atoms with E-state index in [1.54, 1.807) is 25.1 Å². The van der Waals surface area contributed by atoms with E-state index in [1.165, 1.54) is 12.4 Å². The molecule has 0 bridgehead atoms. The third-order valence-electron chi connectivity index (χ3n) is 2.65. The molecule has 1 heterocycles. The lowest BCUT2D eigenvalue weighted by Crippen LogP contribution is -2.18. The van der Waals surface area contributed by atoms with Crippen molar-refractivity contribution in [1.29, 1.82) is 0 Å². The first-order valence-corrected chi connectivity index (χ1v) is 5.99. The van der Waals surface area contributed by atoms with Crippen LogP contribution in [0.25, 0.3) is 0 Å². The summed E-state index contributed by atoms with van der Waals surface area (Å²) in [5.41, 5.74) is 0.632. The third kappa shape index (κ3) is 2.75. The first-order chi connectivity index (χ1) is 9.50. The molecule has 1 amide bonds. The number of anilines is 1. The van der Waals surface area contributed by atoms with Crippen LogP contribution in [0.2, 0.25) is 5.02 Å². The van der Waals surface area contributed by atoms with Crippen molar-refractivity contribution < 1.29 is 14.7 Å². The zero-order valence-electron chi connectivity index (χ0n) is 10.4. The number of benzene rings is 1. The summed E-state index contributed by atoms with van der Waals surface area (Å²) in [4.78, 5) is 30.6. The van der Waals surface area contributed by atoms with Gasteiger partial charge in [0.25, 0.3) is 5.91 Å². The molecule has 6 nitrogen and oxygen atoms in total. The Balaban J connectivity index is 2.33. The molecule has 0 saturated carbocycles. The van der Waals surface area contributed by atoms with Crippen molar-refractivity contribution in [2.24, 2.45) is 0 Å². The monoisotopic (exact) mass is 291 g/mol. The Morgan fingerprint density at radius 2 is 1.95 bits per heavy atom. The maximum absolute atomic E-state index is 12.1. The van der Waals surface area contributed by atoms with Gasteiger partial charge >= 0.3 is 5.97 Å². The summed E-state index contributed by atoms with van der Waals surface area (Å²) in [6, 6.07) is 4.89. The van der Waals surface area contributed by atoms with Gasteiger partial charge in [0.2, 0.25) is 0 Å². The zero-order chi connectivity index (χ0) is 14.7. The smallest absolute Gasteiger partial charge is 0.358 e. The molecule has 0 aliphatic heterocycles. The quantitative estimate of drug-likeness (QED) is 0.906. The Bertz CT molecular complexity index is 688. The summed E-state index contributed by atoms with van der Waals surface area (Å²) in [5, 5.41) is 11.9. The predicted octanol–water partition coefficient (Wildman–Crippen LogP) is 2.39. The zero-order valence-corrected chi connectivity index (χ0v) is 11.2. The van der Waals surface area contributed by atoms with Crippen molar-refractivity contribution in [3.05, 3.63) is 52.4 Å². The van der Waals surface area contributed by atoms with Crippen LogP contribution < -0.4 is 5.32 Å². The molecule has 0 unspecified atom stereocenters. The fraction of sp³-hybridized carbons (Fsp3) is 0.0769. The van der Waals surface area contributed by atoms with E-state index in [0.29, 0.717) is 16.1 Å². The molecule has 0 aliphatic carbocycles. The van der Waals surface area contributed by atoms with Crippen molar-refractivity contribution in [3.63, 3.8) is 0 Å². The van der Waals surface area contributed by atoms with E-state index in [2.05, 4.69) is 15.3 Å². The van der Waals surface area contributed by atoms with Gasteiger partial charge in [0.15, 0.2) is 11.5 Å². The molecule has 0 fully saturated rings. The molecule has 2 rings (SSSR count). The summed E-state index contributed by atoms with van der Waals surface area (Å²) in [5.74, 6) is -1.87. The molecule has 0 atom stereocenters. The Labute approximate surface area is 119 Å². The van der Waals surface area contributed by atoms with Gasteiger partial charge in [0.1, 0.15) is 0 Å². The van der Waals surface area contributed by atoms with Crippen LogP contribution in [-0.2, 0) is 0 Å². The fourth-order valence-electron chi connectivity index (χ4n) is 1.61. The van der Waals surface area contributed by atoms with Crippen LogP contribution in [0.5, 0.6) is 0 Å². The van der Waals surface area contributed by atoms with Gasteiger partial charge in [-0.25, -0.2) is 14.8 Å². The van der Waals surface area contributed by atoms with Gasteiger partial charge in [-0.1, -0.05) is 17.7 Å². The highest BCUT2D eigenvalue weighted by Crippen LogP contribution is 2.20. The highest BCUT2D eigenvalue weighted by Gasteiger charge is 2.17. The lowest BCUT2D eigenvalue weighted by Gasteiger charge is -2.09. The number of aromatic carboxylic acids is 1. The van der Waals surface area contributed by atoms with Crippen molar-refractivity contribution in [2.45, 2.75) is 6.92 Å². The Morgan fingerprint density at radius 3 is 2.65 bits per heavy atom. The summed E-state index contributed by atoms with van der Waals surface area (Å²) in [6.45, 7) is 1.70. The highest BCUT2D eigenvalue weighted by atomic mass is 35.5. The van der Waals surface area contributed by atoms with Crippen molar-refractivity contribution in [3.8, 4) is 0 Å². The predicted molar refractivity (Wildman–Crippen MR) is 73.1 cm³/mol. The van der Waals surface area contributed by atoms with Gasteiger partial charge in [-0.05, 0) is 24.6 Å². The van der Waals surface area contributed by atoms with Crippen LogP contribution in [0, 0.1) is 6.92 Å². The molecular formula is C13H10ClN3O3. The van der Waals surface area contributed by atoms with Gasteiger partial charge in [-0.2, -0.15) is 0 Å². The van der Waals surface area contributed by atoms with Crippen LogP contribution in [0.3, 0.4) is 0 Å². The van der Waals surface area contributed by atoms with Crippen molar-refractivity contribution >= 4 is 29.3 Å². The summed E-state index contributed by atoms with van der Waals surface area (Å²) in [7, 11) is 0. The second-order valence-corrected chi connectivity index (χ2v) is 4.33. The molecule has 1 aromatic carbocycles. The molecule has 0 radical (unpaired) electrons. The number of carbonyl (C=O) groups excluding carboxylic acids is 1. The van der Waals surface area contributed by atoms with Crippen LogP contribution in [-0.4, -0.2) is 27.0 Å². The largest absolute Gasteiger partial charge is 0.476 e. The van der Waals surface area contributed by atoms with Gasteiger partial charge in [0.05, 0.1) is 0 Å². The second-order valence-electron chi connectivity index (χ2n) is 3.93. The number of nitrogens with zero attached hydrogens (tertiary/aromatic N) is 2. The van der Waals surface area contributed by atoms with E-state index in [0.717, 1.165) is 0 Å². The summed E-state index contributed by atoms with van der Waals surface area (Å²) < 4.78 is 0. The minimum atomic E-state index is -1.27. The lowest BCUT2D eigenvalue weighted by molar-refractivity contribution is 0.0691. The minimum Gasteiger partial charge on any atom is -0.476 e. The first-order valence-electron chi connectivity index (χ1n) is 5.61. The van der Waals surface area contributed by atoms with Crippen molar-refractivity contribution in [2.75, 3.05) is 5.32 Å². The van der Waals surface area contributed by atoms with Gasteiger partial charge in [-0.15, -0.1) is 0 Å². The standard InChI is InChI=1S/C13H10ClN3O3/c1-7-8(3-2-4-9(7)14)12(18)17-11-10(13(19)20)15-5-6-16-11/h2-6H,1H3,(H,19,20)(H,16,17,18). The van der Waals surface area contributed by atoms with E-state index >= 15 is 0 Å². The second kappa shape index (κ2) is 5.66. The number of carboxylic acids is 1. The lowest BCUT2D eigenvalue weighted by atomic mass is 10.1. The Hall–Kier alpha value is -2.47. The number of nitrogens with one attached hydrogen (secondary N) is 1. The Morgan fingerprint density at radius 1 is 1.25 bits per heavy atom. The van der Waals surface area contributed by atoms with E-state index in [-0.39, 0.29) is 11.5 Å². The average Bonchev–Trinajstić information content (AvgIpc) is 2.42. The first kappa shape index (κ1) is 14.0. The number of hydrogen-bond acceptors (Lipinski definition) is 4.